The zero-order valence-electron chi connectivity index (χ0n) is 21.7. The van der Waals surface area contributed by atoms with E-state index in [2.05, 4.69) is 108 Å². The summed E-state index contributed by atoms with van der Waals surface area (Å²) < 4.78 is 2.61. The fourth-order valence-electron chi connectivity index (χ4n) is 7.12. The molecule has 2 aliphatic rings. The molecule has 2 atom stereocenters. The predicted molar refractivity (Wildman–Crippen MR) is 141 cm³/mol. The number of rotatable bonds is 5. The summed E-state index contributed by atoms with van der Waals surface area (Å²) in [5, 5.41) is 2.83. The van der Waals surface area contributed by atoms with E-state index in [1.807, 2.05) is 0 Å². The van der Waals surface area contributed by atoms with Crippen molar-refractivity contribution in [2.45, 2.75) is 91.5 Å². The van der Waals surface area contributed by atoms with Gasteiger partial charge >= 0.3 is 0 Å². The summed E-state index contributed by atoms with van der Waals surface area (Å²) in [6.45, 7) is 17.0. The van der Waals surface area contributed by atoms with Crippen LogP contribution in [0.2, 0.25) is 0 Å². The lowest BCUT2D eigenvalue weighted by Gasteiger charge is -2.47. The lowest BCUT2D eigenvalue weighted by Crippen LogP contribution is -2.66. The molecule has 5 rings (SSSR count). The molecule has 0 N–H and O–H groups in total. The normalized spacial score (nSPS) is 25.2. The topological polar surface area (TPSA) is 3.88 Å². The molecule has 0 radical (unpaired) electrons. The quantitative estimate of drug-likeness (QED) is 0.353. The number of benzene rings is 2. The highest BCUT2D eigenvalue weighted by atomic mass is 15.1. The van der Waals surface area contributed by atoms with E-state index in [-0.39, 0.29) is 16.4 Å². The maximum absolute atomic E-state index is 2.61. The predicted octanol–water partition coefficient (Wildman–Crippen LogP) is 8.23. The summed E-state index contributed by atoms with van der Waals surface area (Å²) in [5.74, 6) is 0. The number of pyridine rings is 1. The third-order valence-corrected chi connectivity index (χ3v) is 9.46. The Hall–Kier alpha value is -2.41. The first-order chi connectivity index (χ1) is 15.7. The molecule has 1 aliphatic heterocycles. The Morgan fingerprint density at radius 2 is 1.61 bits per heavy atom. The van der Waals surface area contributed by atoms with E-state index in [0.717, 1.165) is 12.8 Å². The molecule has 3 aromatic rings. The maximum atomic E-state index is 2.61. The Bertz CT molecular complexity index is 1280. The van der Waals surface area contributed by atoms with E-state index in [9.17, 15) is 0 Å². The van der Waals surface area contributed by atoms with Crippen molar-refractivity contribution in [3.8, 4) is 0 Å². The fourth-order valence-corrected chi connectivity index (χ4v) is 7.12. The van der Waals surface area contributed by atoms with Gasteiger partial charge in [-0.1, -0.05) is 71.4 Å². The van der Waals surface area contributed by atoms with Crippen LogP contribution in [0.5, 0.6) is 0 Å². The van der Waals surface area contributed by atoms with E-state index >= 15 is 0 Å². The molecule has 33 heavy (non-hydrogen) atoms. The molecule has 172 valence electrons. The molecule has 0 spiro atoms. The first kappa shape index (κ1) is 22.4. The van der Waals surface area contributed by atoms with Gasteiger partial charge in [0.1, 0.15) is 0 Å². The van der Waals surface area contributed by atoms with Crippen LogP contribution in [0.1, 0.15) is 96.5 Å². The van der Waals surface area contributed by atoms with Crippen molar-refractivity contribution in [3.05, 3.63) is 77.1 Å². The number of aromatic nitrogens is 1. The minimum absolute atomic E-state index is 0.0355. The average molecular weight is 439 g/mol. The smallest absolute Gasteiger partial charge is 0.193 e. The number of fused-ring (bicyclic) bond motifs is 6. The molecule has 2 aromatic carbocycles. The summed E-state index contributed by atoms with van der Waals surface area (Å²) in [6, 6.07) is 18.9. The van der Waals surface area contributed by atoms with Gasteiger partial charge < -0.3 is 0 Å². The van der Waals surface area contributed by atoms with Crippen LogP contribution in [0.4, 0.5) is 0 Å². The first-order valence-corrected chi connectivity index (χ1v) is 13.1. The summed E-state index contributed by atoms with van der Waals surface area (Å²) in [4.78, 5) is 0. The highest BCUT2D eigenvalue weighted by molar-refractivity contribution is 6.08. The molecule has 1 aliphatic carbocycles. The van der Waals surface area contributed by atoms with Crippen molar-refractivity contribution in [1.82, 2.24) is 0 Å². The Balaban J connectivity index is 1.83. The van der Waals surface area contributed by atoms with Crippen molar-refractivity contribution < 1.29 is 4.57 Å². The van der Waals surface area contributed by atoms with Gasteiger partial charge in [-0.15, -0.1) is 0 Å². The summed E-state index contributed by atoms with van der Waals surface area (Å²) >= 11 is 0. The molecular weight excluding hydrogens is 398 g/mol. The molecule has 0 amide bonds. The van der Waals surface area contributed by atoms with E-state index in [0.29, 0.717) is 0 Å². The SMILES string of the molecule is CCCCc1ccc2c3c(ccc2c1)C1=C(c2cccc[n+]2C(C)(CC)C1(C)CC)C3(C)C. The highest BCUT2D eigenvalue weighted by Gasteiger charge is 2.61. The number of hydrogen-bond donors (Lipinski definition) is 0. The number of hydrogen-bond acceptors (Lipinski definition) is 0. The molecule has 2 unspecified atom stereocenters. The molecular formula is C32H40N+. The van der Waals surface area contributed by atoms with Crippen LogP contribution >= 0.6 is 0 Å². The van der Waals surface area contributed by atoms with E-state index in [4.69, 9.17) is 0 Å². The standard InChI is InChI=1S/C32H40N/c1-8-11-14-22-16-18-24-23(21-22)17-19-25-27(24)30(4,5)29-26-15-12-13-20-33(26)32(7,10-3)31(6,9-2)28(25)29/h12-13,15-21H,8-11,14H2,1-7H3/q+1. The highest BCUT2D eigenvalue weighted by Crippen LogP contribution is 2.63. The van der Waals surface area contributed by atoms with E-state index in [1.165, 1.54) is 58.0 Å². The second-order valence-corrected chi connectivity index (χ2v) is 11.3. The van der Waals surface area contributed by atoms with Crippen molar-refractivity contribution in [1.29, 1.82) is 0 Å². The number of nitrogens with zero attached hydrogens (tertiary/aromatic N) is 1. The Kier molecular flexibility index (Phi) is 5.12. The molecule has 0 fully saturated rings. The molecule has 1 nitrogen and oxygen atoms in total. The van der Waals surface area contributed by atoms with Gasteiger partial charge in [-0.25, -0.2) is 0 Å². The third kappa shape index (κ3) is 2.81. The molecule has 1 heteroatoms. The molecule has 2 heterocycles. The lowest BCUT2D eigenvalue weighted by atomic mass is 9.59. The van der Waals surface area contributed by atoms with Crippen LogP contribution in [-0.4, -0.2) is 0 Å². The van der Waals surface area contributed by atoms with Gasteiger partial charge in [0.05, 0.1) is 5.41 Å². The van der Waals surface area contributed by atoms with Gasteiger partial charge in [0.2, 0.25) is 5.69 Å². The second kappa shape index (κ2) is 7.55. The van der Waals surface area contributed by atoms with Crippen molar-refractivity contribution in [3.63, 3.8) is 0 Å². The molecule has 0 saturated carbocycles. The van der Waals surface area contributed by atoms with Crippen molar-refractivity contribution >= 4 is 21.9 Å². The summed E-state index contributed by atoms with van der Waals surface area (Å²) in [7, 11) is 0. The first-order valence-electron chi connectivity index (χ1n) is 13.1. The number of allylic oxidation sites excluding steroid dienone is 2. The third-order valence-electron chi connectivity index (χ3n) is 9.46. The zero-order valence-corrected chi connectivity index (χ0v) is 21.7. The maximum Gasteiger partial charge on any atom is 0.210 e. The lowest BCUT2D eigenvalue weighted by molar-refractivity contribution is -0.778. The Labute approximate surface area is 200 Å². The van der Waals surface area contributed by atoms with Gasteiger partial charge in [0.15, 0.2) is 11.7 Å². The van der Waals surface area contributed by atoms with Crippen LogP contribution in [0.15, 0.2) is 54.7 Å². The molecule has 0 bridgehead atoms. The van der Waals surface area contributed by atoms with Crippen molar-refractivity contribution in [2.75, 3.05) is 0 Å². The summed E-state index contributed by atoms with van der Waals surface area (Å²) in [6.07, 6.45) is 8.24. The van der Waals surface area contributed by atoms with Gasteiger partial charge in [-0.2, -0.15) is 4.57 Å². The van der Waals surface area contributed by atoms with Gasteiger partial charge in [0, 0.05) is 36.5 Å². The van der Waals surface area contributed by atoms with Crippen LogP contribution in [0.3, 0.4) is 0 Å². The minimum atomic E-state index is -0.0380. The zero-order chi connectivity index (χ0) is 23.6. The molecule has 1 aromatic heterocycles. The largest absolute Gasteiger partial charge is 0.210 e. The fraction of sp³-hybridized carbons (Fsp3) is 0.469. The second-order valence-electron chi connectivity index (χ2n) is 11.3. The van der Waals surface area contributed by atoms with Crippen LogP contribution in [-0.2, 0) is 17.4 Å². The summed E-state index contributed by atoms with van der Waals surface area (Å²) in [5.41, 5.74) is 9.08. The molecule has 0 saturated heterocycles. The average Bonchev–Trinajstić information content (AvgIpc) is 3.08. The van der Waals surface area contributed by atoms with E-state index in [1.54, 1.807) is 5.57 Å². The Morgan fingerprint density at radius 3 is 2.30 bits per heavy atom. The van der Waals surface area contributed by atoms with Gasteiger partial charge in [-0.3, -0.25) is 0 Å². The van der Waals surface area contributed by atoms with Gasteiger partial charge in [0.25, 0.3) is 0 Å². The van der Waals surface area contributed by atoms with Crippen molar-refractivity contribution in [2.24, 2.45) is 5.41 Å². The number of aryl methyl sites for hydroxylation is 1. The van der Waals surface area contributed by atoms with Crippen LogP contribution in [0.25, 0.3) is 21.9 Å². The minimum Gasteiger partial charge on any atom is -0.193 e. The monoisotopic (exact) mass is 438 g/mol. The Morgan fingerprint density at radius 1 is 0.818 bits per heavy atom. The number of unbranched alkanes of at least 4 members (excludes halogenated alkanes) is 1. The van der Waals surface area contributed by atoms with Gasteiger partial charge in [-0.05, 0) is 65.3 Å². The van der Waals surface area contributed by atoms with Crippen LogP contribution in [0, 0.1) is 5.41 Å². The van der Waals surface area contributed by atoms with Crippen LogP contribution < -0.4 is 4.57 Å². The van der Waals surface area contributed by atoms with E-state index < -0.39 is 0 Å².